The first-order chi connectivity index (χ1) is 21.2. The third-order valence-electron chi connectivity index (χ3n) is 6.93. The number of anilines is 3. The molecule has 0 aromatic carbocycles. The third-order valence-corrected chi connectivity index (χ3v) is 8.74. The molecule has 2 unspecified atom stereocenters. The number of hydrogen-bond donors (Lipinski definition) is 7. The van der Waals surface area contributed by atoms with E-state index in [1.165, 1.54) is 41.4 Å². The highest BCUT2D eigenvalue weighted by atomic mass is 32.2. The Labute approximate surface area is 263 Å². The minimum Gasteiger partial charge on any atom is -0.479 e. The number of β-lactam (4-membered cyclic amide) rings is 1. The number of nitrogens with one attached hydrogen (secondary N) is 2. The van der Waals surface area contributed by atoms with Crippen molar-refractivity contribution in [3.05, 3.63) is 23.0 Å². The van der Waals surface area contributed by atoms with Crippen LogP contribution in [0.25, 0.3) is 0 Å². The summed E-state index contributed by atoms with van der Waals surface area (Å²) in [6, 6.07) is -1.86. The van der Waals surface area contributed by atoms with E-state index >= 15 is 0 Å². The maximum atomic E-state index is 13.3. The van der Waals surface area contributed by atoms with Crippen molar-refractivity contribution in [1.29, 1.82) is 0 Å². The summed E-state index contributed by atoms with van der Waals surface area (Å²) in [4.78, 5) is 72.8. The molecule has 1 saturated heterocycles. The lowest BCUT2D eigenvalue weighted by Gasteiger charge is -2.51. The Morgan fingerprint density at radius 3 is 2.56 bits per heavy atom. The van der Waals surface area contributed by atoms with Crippen LogP contribution in [0.1, 0.15) is 26.1 Å². The van der Waals surface area contributed by atoms with Gasteiger partial charge in [-0.15, -0.1) is 21.1 Å². The van der Waals surface area contributed by atoms with Crippen molar-refractivity contribution in [2.24, 2.45) is 23.9 Å². The summed E-state index contributed by atoms with van der Waals surface area (Å²) in [6.45, 7) is 2.97. The van der Waals surface area contributed by atoms with Crippen LogP contribution in [0.2, 0.25) is 0 Å². The van der Waals surface area contributed by atoms with Crippen molar-refractivity contribution in [2.75, 3.05) is 29.9 Å². The number of hydrogen-bond acceptors (Lipinski definition) is 14. The average Bonchev–Trinajstić information content (AvgIpc) is 3.52. The Morgan fingerprint density at radius 1 is 1.24 bits per heavy atom. The zero-order valence-electron chi connectivity index (χ0n) is 24.3. The maximum absolute atomic E-state index is 13.3. The number of carboxylic acid groups (broad SMARTS) is 2. The van der Waals surface area contributed by atoms with Crippen LogP contribution in [-0.2, 0) is 37.6 Å². The first kappa shape index (κ1) is 33.1. The summed E-state index contributed by atoms with van der Waals surface area (Å²) in [7, 11) is 1.62. The van der Waals surface area contributed by atoms with Crippen LogP contribution in [0, 0.1) is 5.92 Å². The van der Waals surface area contributed by atoms with Gasteiger partial charge in [0.25, 0.3) is 0 Å². The number of aliphatic carboxylic acids is 2. The van der Waals surface area contributed by atoms with E-state index in [9.17, 15) is 34.2 Å². The topological polar surface area (TPSA) is 287 Å². The number of rotatable bonds is 13. The first-order valence-corrected chi connectivity index (χ1v) is 15.0. The molecule has 4 heterocycles. The van der Waals surface area contributed by atoms with Gasteiger partial charge < -0.3 is 42.5 Å². The Morgan fingerprint density at radius 2 is 1.96 bits per heavy atom. The Bertz CT molecular complexity index is 1600. The van der Waals surface area contributed by atoms with E-state index in [0.29, 0.717) is 5.57 Å². The molecule has 3 amide bonds. The fourth-order valence-corrected chi connectivity index (χ4v) is 6.13. The number of fused-ring (bicyclic) bond motifs is 1. The molecule has 19 nitrogen and oxygen atoms in total. The molecule has 242 valence electrons. The Hall–Kier alpha value is -4.76. The summed E-state index contributed by atoms with van der Waals surface area (Å²) in [5.41, 5.74) is 15.6. The number of nitrogen functional groups attached to an aromatic ring is 2. The zero-order chi connectivity index (χ0) is 33.2. The number of nitrogens with two attached hydrogens (primary N) is 3. The van der Waals surface area contributed by atoms with E-state index in [2.05, 4.69) is 25.1 Å². The maximum Gasteiger partial charge on any atom is 0.350 e. The molecule has 0 spiro atoms. The van der Waals surface area contributed by atoms with Gasteiger partial charge in [-0.05, 0) is 19.3 Å². The van der Waals surface area contributed by atoms with Crippen LogP contribution in [0.5, 0.6) is 0 Å². The molecule has 10 N–H and O–H groups in total. The number of carbonyl (C=O) groups is 5. The van der Waals surface area contributed by atoms with Gasteiger partial charge in [-0.25, -0.2) is 14.4 Å². The average molecular weight is 667 g/mol. The van der Waals surface area contributed by atoms with Crippen molar-refractivity contribution in [2.45, 2.75) is 43.8 Å². The van der Waals surface area contributed by atoms with Gasteiger partial charge in [-0.3, -0.25) is 14.9 Å². The molecule has 1 fully saturated rings. The van der Waals surface area contributed by atoms with Crippen LogP contribution >= 0.6 is 23.3 Å². The normalized spacial score (nSPS) is 19.7. The number of thioether (sulfide) groups is 1. The standard InChI is InChI=1S/C24H31N11O8S2/c1-24(2,21(40)41)43-31-14(17-30-22(27)45-32-17)13(36)6-11-18(37)35-15(20(38)39)10(9-44-19(11)35)7-34-8-12(16(26)33(34)3)29-23(42)28-5-4-25/h8-9,11,15,19,26H,4-7,25H2,1-3H3,(H6,27,28,29,30,32,38,39,40,41,42)/p+1/b31-14+/t11-,15?,19?/m1/s1. The number of carboxylic acids is 2. The number of ketones is 1. The molecule has 0 saturated carbocycles. The van der Waals surface area contributed by atoms with Gasteiger partial charge in [-0.1, -0.05) is 5.16 Å². The minimum atomic E-state index is -1.79. The van der Waals surface area contributed by atoms with Gasteiger partial charge in [0.05, 0.1) is 18.3 Å². The predicted octanol–water partition coefficient (Wildman–Crippen LogP) is -1.48. The van der Waals surface area contributed by atoms with E-state index in [1.807, 2.05) is 0 Å². The van der Waals surface area contributed by atoms with Crippen LogP contribution in [0.4, 0.5) is 21.4 Å². The summed E-state index contributed by atoms with van der Waals surface area (Å²) in [5, 5.41) is 29.3. The predicted molar refractivity (Wildman–Crippen MR) is 161 cm³/mol. The van der Waals surface area contributed by atoms with Crippen molar-refractivity contribution in [3.63, 3.8) is 0 Å². The van der Waals surface area contributed by atoms with Crippen molar-refractivity contribution in [3.8, 4) is 0 Å². The largest absolute Gasteiger partial charge is 0.479 e. The molecule has 45 heavy (non-hydrogen) atoms. The Kier molecular flexibility index (Phi) is 9.63. The second-order valence-electron chi connectivity index (χ2n) is 10.5. The lowest BCUT2D eigenvalue weighted by molar-refractivity contribution is -0.765. The molecular formula is C24H32N11O8S2+. The Balaban J connectivity index is 1.53. The first-order valence-electron chi connectivity index (χ1n) is 13.3. The van der Waals surface area contributed by atoms with Crippen molar-refractivity contribution < 1.29 is 43.7 Å². The molecular weight excluding hydrogens is 634 g/mol. The monoisotopic (exact) mass is 666 g/mol. The second kappa shape index (κ2) is 13.1. The molecule has 0 aliphatic carbocycles. The molecule has 2 aromatic heterocycles. The zero-order valence-corrected chi connectivity index (χ0v) is 25.9. The van der Waals surface area contributed by atoms with E-state index in [1.54, 1.807) is 17.1 Å². The van der Waals surface area contributed by atoms with Crippen LogP contribution < -0.4 is 32.5 Å². The smallest absolute Gasteiger partial charge is 0.350 e. The van der Waals surface area contributed by atoms with Gasteiger partial charge >= 0.3 is 18.0 Å². The van der Waals surface area contributed by atoms with E-state index < -0.39 is 64.7 Å². The fourth-order valence-electron chi connectivity index (χ4n) is 4.42. The lowest BCUT2D eigenvalue weighted by Crippen LogP contribution is -2.67. The quantitative estimate of drug-likeness (QED) is 0.0556. The fraction of sp³-hybridized carbons (Fsp3) is 0.458. The van der Waals surface area contributed by atoms with E-state index in [0.717, 1.165) is 11.5 Å². The number of oxime groups is 1. The lowest BCUT2D eigenvalue weighted by atomic mass is 9.87. The molecule has 2 aliphatic rings. The van der Waals surface area contributed by atoms with E-state index in [-0.39, 0.29) is 42.1 Å². The van der Waals surface area contributed by atoms with Gasteiger partial charge in [0.2, 0.25) is 23.5 Å². The number of carbonyl (C=O) groups excluding carboxylic acids is 3. The molecule has 4 rings (SSSR count). The van der Waals surface area contributed by atoms with Crippen LogP contribution in [-0.4, -0.2) is 94.6 Å². The summed E-state index contributed by atoms with van der Waals surface area (Å²) in [5.74, 6) is -4.83. The molecule has 3 atom stereocenters. The highest BCUT2D eigenvalue weighted by Gasteiger charge is 2.56. The van der Waals surface area contributed by atoms with Crippen LogP contribution in [0.3, 0.4) is 0 Å². The van der Waals surface area contributed by atoms with Gasteiger partial charge in [0.15, 0.2) is 40.7 Å². The van der Waals surface area contributed by atoms with Gasteiger partial charge in [0, 0.05) is 36.6 Å². The minimum absolute atomic E-state index is 0.0152. The molecule has 0 bridgehead atoms. The van der Waals surface area contributed by atoms with Crippen molar-refractivity contribution >= 4 is 75.3 Å². The van der Waals surface area contributed by atoms with Crippen LogP contribution in [0.15, 0.2) is 22.3 Å². The van der Waals surface area contributed by atoms with E-state index in [4.69, 9.17) is 22.0 Å². The number of aromatic nitrogens is 4. The number of nitrogens with zero attached hydrogens (tertiary/aromatic N) is 6. The molecule has 2 aliphatic heterocycles. The number of urea groups is 1. The molecule has 21 heteroatoms. The second-order valence-corrected chi connectivity index (χ2v) is 12.2. The highest BCUT2D eigenvalue weighted by Crippen LogP contribution is 2.45. The summed E-state index contributed by atoms with van der Waals surface area (Å²) in [6.07, 6.45) is 1.13. The van der Waals surface area contributed by atoms with Gasteiger partial charge in [0.1, 0.15) is 0 Å². The van der Waals surface area contributed by atoms with Crippen molar-refractivity contribution in [1.82, 2.24) is 24.3 Å². The molecule has 0 radical (unpaired) electrons. The number of amides is 3. The summed E-state index contributed by atoms with van der Waals surface area (Å²) < 4.78 is 7.05. The molecule has 2 aromatic rings. The summed E-state index contributed by atoms with van der Waals surface area (Å²) >= 11 is 1.95. The SMILES string of the molecule is Cn1c(N)c(NC(=O)NCCN)c[n+]1CC1=CSC2[C@H](CC(=O)/C(=N\OC(C)(C)C(=O)O)c3nsc(N)n3)C(=O)N2C1C(=O)O. The third kappa shape index (κ3) is 6.83. The van der Waals surface area contributed by atoms with Gasteiger partial charge in [-0.2, -0.15) is 9.36 Å². The highest BCUT2D eigenvalue weighted by molar-refractivity contribution is 8.02. The number of Topliss-reactive ketones (excluding diaryl/α,β-unsaturated/α-hetero) is 1.